The van der Waals surface area contributed by atoms with Crippen molar-refractivity contribution in [3.8, 4) is 5.75 Å². The zero-order valence-corrected chi connectivity index (χ0v) is 11.3. The van der Waals surface area contributed by atoms with Gasteiger partial charge in [-0.1, -0.05) is 13.0 Å². The van der Waals surface area contributed by atoms with Gasteiger partial charge < -0.3 is 5.11 Å². The van der Waals surface area contributed by atoms with Crippen LogP contribution >= 0.6 is 0 Å². The Labute approximate surface area is 104 Å². The molecule has 2 heteroatoms. The first-order valence-electron chi connectivity index (χ1n) is 6.52. The lowest BCUT2D eigenvalue weighted by Crippen LogP contribution is -2.47. The van der Waals surface area contributed by atoms with Gasteiger partial charge in [0.15, 0.2) is 0 Å². The molecule has 1 heterocycles. The summed E-state index contributed by atoms with van der Waals surface area (Å²) in [6.07, 6.45) is 2.16. The predicted molar refractivity (Wildman–Crippen MR) is 71.3 cm³/mol. The minimum absolute atomic E-state index is 0.205. The lowest BCUT2D eigenvalue weighted by atomic mass is 9.87. The molecule has 1 N–H and O–H groups in total. The van der Waals surface area contributed by atoms with Gasteiger partial charge in [-0.3, -0.25) is 4.90 Å². The number of aromatic hydroxyl groups is 1. The van der Waals surface area contributed by atoms with Gasteiger partial charge >= 0.3 is 0 Å². The molecule has 0 radical (unpaired) electrons. The maximum atomic E-state index is 9.56. The molecule has 0 aliphatic carbocycles. The van der Waals surface area contributed by atoms with E-state index in [1.54, 1.807) is 0 Å². The molecule has 1 aliphatic heterocycles. The summed E-state index contributed by atoms with van der Waals surface area (Å²) in [7, 11) is 0. The molecule has 1 aliphatic rings. The summed E-state index contributed by atoms with van der Waals surface area (Å²) in [4.78, 5) is 2.58. The molecule has 1 aromatic carbocycles. The first-order chi connectivity index (χ1) is 7.93. The first-order valence-corrected chi connectivity index (χ1v) is 6.52. The van der Waals surface area contributed by atoms with Crippen LogP contribution in [0.1, 0.15) is 51.3 Å². The third-order valence-corrected chi connectivity index (χ3v) is 3.73. The quantitative estimate of drug-likeness (QED) is 0.802. The molecule has 0 saturated carbocycles. The van der Waals surface area contributed by atoms with Crippen molar-refractivity contribution in [1.82, 2.24) is 4.90 Å². The fourth-order valence-electron chi connectivity index (χ4n) is 2.94. The summed E-state index contributed by atoms with van der Waals surface area (Å²) < 4.78 is 0. The van der Waals surface area contributed by atoms with Crippen molar-refractivity contribution >= 4 is 0 Å². The van der Waals surface area contributed by atoms with E-state index in [0.29, 0.717) is 11.8 Å². The minimum Gasteiger partial charge on any atom is -0.508 e. The van der Waals surface area contributed by atoms with Gasteiger partial charge in [0.1, 0.15) is 5.75 Å². The molecule has 94 valence electrons. The van der Waals surface area contributed by atoms with Crippen LogP contribution in [0.25, 0.3) is 0 Å². The Hall–Kier alpha value is -1.02. The average Bonchev–Trinajstić information content (AvgIpc) is 2.25. The Bertz CT molecular complexity index is 406. The van der Waals surface area contributed by atoms with E-state index >= 15 is 0 Å². The molecule has 2 rings (SSSR count). The van der Waals surface area contributed by atoms with Gasteiger partial charge in [0.05, 0.1) is 0 Å². The highest BCUT2D eigenvalue weighted by atomic mass is 16.3. The highest BCUT2D eigenvalue weighted by Gasteiger charge is 2.32. The molecule has 2 nitrogen and oxygen atoms in total. The number of phenolic OH excluding ortho intramolecular Hbond substituents is 1. The predicted octanol–water partition coefficient (Wildman–Crippen LogP) is 3.50. The van der Waals surface area contributed by atoms with Crippen LogP contribution in [0.3, 0.4) is 0 Å². The Morgan fingerprint density at radius 2 is 2.06 bits per heavy atom. The Balaban J connectivity index is 2.40. The summed E-state index contributed by atoms with van der Waals surface area (Å²) in [6.45, 7) is 10.2. The second kappa shape index (κ2) is 4.34. The van der Waals surface area contributed by atoms with E-state index in [1.165, 1.54) is 11.1 Å². The summed E-state index contributed by atoms with van der Waals surface area (Å²) in [5.74, 6) is 0.391. The van der Waals surface area contributed by atoms with E-state index < -0.39 is 0 Å². The van der Waals surface area contributed by atoms with Crippen LogP contribution in [0, 0.1) is 0 Å². The van der Waals surface area contributed by atoms with Gasteiger partial charge in [-0.2, -0.15) is 0 Å². The molecular weight excluding hydrogens is 210 g/mol. The molecule has 1 unspecified atom stereocenters. The number of hydrogen-bond acceptors (Lipinski definition) is 2. The number of phenols is 1. The summed E-state index contributed by atoms with van der Waals surface area (Å²) in [5, 5.41) is 9.56. The third kappa shape index (κ3) is 2.32. The topological polar surface area (TPSA) is 23.5 Å². The maximum absolute atomic E-state index is 9.56. The number of rotatable bonds is 1. The summed E-state index contributed by atoms with van der Waals surface area (Å²) in [6, 6.07) is 6.32. The molecule has 17 heavy (non-hydrogen) atoms. The fourth-order valence-corrected chi connectivity index (χ4v) is 2.94. The molecule has 0 aromatic heterocycles. The molecule has 0 saturated heterocycles. The monoisotopic (exact) mass is 233 g/mol. The smallest absolute Gasteiger partial charge is 0.115 e. The lowest BCUT2D eigenvalue weighted by Gasteiger charge is -2.45. The average molecular weight is 233 g/mol. The molecule has 1 atom stereocenters. The van der Waals surface area contributed by atoms with E-state index in [1.807, 2.05) is 12.1 Å². The summed E-state index contributed by atoms with van der Waals surface area (Å²) >= 11 is 0. The van der Waals surface area contributed by atoms with Crippen LogP contribution in [0.4, 0.5) is 0 Å². The molecular formula is C15H23NO. The molecule has 0 bridgehead atoms. The van der Waals surface area contributed by atoms with E-state index in [-0.39, 0.29) is 5.54 Å². The number of benzene rings is 1. The van der Waals surface area contributed by atoms with Crippen LogP contribution in [-0.4, -0.2) is 22.1 Å². The van der Waals surface area contributed by atoms with Crippen molar-refractivity contribution in [2.45, 2.75) is 52.1 Å². The van der Waals surface area contributed by atoms with Crippen LogP contribution in [0.15, 0.2) is 18.2 Å². The third-order valence-electron chi connectivity index (χ3n) is 3.73. The SMILES string of the molecule is CCC1c2ccc(O)cc2CCN1C(C)(C)C. The highest BCUT2D eigenvalue weighted by Crippen LogP contribution is 2.37. The zero-order chi connectivity index (χ0) is 12.6. The Kier molecular flexibility index (Phi) is 3.17. The van der Waals surface area contributed by atoms with Crippen LogP contribution in [0.5, 0.6) is 5.75 Å². The van der Waals surface area contributed by atoms with Crippen molar-refractivity contribution in [1.29, 1.82) is 0 Å². The van der Waals surface area contributed by atoms with Crippen molar-refractivity contribution < 1.29 is 5.11 Å². The molecule has 0 fully saturated rings. The van der Waals surface area contributed by atoms with Gasteiger partial charge in [-0.25, -0.2) is 0 Å². The normalized spacial score (nSPS) is 21.3. The Morgan fingerprint density at radius 1 is 1.35 bits per heavy atom. The van der Waals surface area contributed by atoms with Crippen LogP contribution in [0.2, 0.25) is 0 Å². The van der Waals surface area contributed by atoms with E-state index in [9.17, 15) is 5.11 Å². The number of hydrogen-bond donors (Lipinski definition) is 1. The van der Waals surface area contributed by atoms with E-state index in [2.05, 4.69) is 38.7 Å². The maximum Gasteiger partial charge on any atom is 0.115 e. The van der Waals surface area contributed by atoms with Gasteiger partial charge in [0.2, 0.25) is 0 Å². The molecule has 0 spiro atoms. The van der Waals surface area contributed by atoms with Gasteiger partial charge in [-0.05, 0) is 56.9 Å². The van der Waals surface area contributed by atoms with Gasteiger partial charge in [0.25, 0.3) is 0 Å². The van der Waals surface area contributed by atoms with Crippen molar-refractivity contribution in [3.05, 3.63) is 29.3 Å². The standard InChI is InChI=1S/C15H23NO/c1-5-14-13-7-6-12(17)10-11(13)8-9-16(14)15(2,3)4/h6-7,10,14,17H,5,8-9H2,1-4H3. The van der Waals surface area contributed by atoms with Crippen molar-refractivity contribution in [2.75, 3.05) is 6.54 Å². The van der Waals surface area contributed by atoms with Gasteiger partial charge in [-0.15, -0.1) is 0 Å². The molecule has 0 amide bonds. The van der Waals surface area contributed by atoms with Gasteiger partial charge in [0, 0.05) is 18.1 Å². The lowest BCUT2D eigenvalue weighted by molar-refractivity contribution is 0.0706. The summed E-state index contributed by atoms with van der Waals surface area (Å²) in [5.41, 5.74) is 2.92. The van der Waals surface area contributed by atoms with E-state index in [4.69, 9.17) is 0 Å². The Morgan fingerprint density at radius 3 is 2.65 bits per heavy atom. The van der Waals surface area contributed by atoms with Crippen molar-refractivity contribution in [3.63, 3.8) is 0 Å². The number of fused-ring (bicyclic) bond motifs is 1. The second-order valence-corrected chi connectivity index (χ2v) is 5.92. The zero-order valence-electron chi connectivity index (χ0n) is 11.3. The van der Waals surface area contributed by atoms with Crippen molar-refractivity contribution in [2.24, 2.45) is 0 Å². The van der Waals surface area contributed by atoms with Crippen LogP contribution < -0.4 is 0 Å². The molecule has 1 aromatic rings. The van der Waals surface area contributed by atoms with Crippen LogP contribution in [-0.2, 0) is 6.42 Å². The van der Waals surface area contributed by atoms with E-state index in [0.717, 1.165) is 19.4 Å². The number of nitrogens with zero attached hydrogens (tertiary/aromatic N) is 1. The second-order valence-electron chi connectivity index (χ2n) is 5.92. The fraction of sp³-hybridized carbons (Fsp3) is 0.600. The first kappa shape index (κ1) is 12.4. The minimum atomic E-state index is 0.205. The highest BCUT2D eigenvalue weighted by molar-refractivity contribution is 5.38. The largest absolute Gasteiger partial charge is 0.508 e.